The third-order valence-electron chi connectivity index (χ3n) is 2.24. The summed E-state index contributed by atoms with van der Waals surface area (Å²) in [6.07, 6.45) is 2.81. The van der Waals surface area contributed by atoms with Crippen LogP contribution in [0.15, 0.2) is 11.6 Å². The molecule has 3 nitrogen and oxygen atoms in total. The van der Waals surface area contributed by atoms with E-state index in [2.05, 4.69) is 6.92 Å². The van der Waals surface area contributed by atoms with Gasteiger partial charge in [-0.2, -0.15) is 0 Å². The van der Waals surface area contributed by atoms with Gasteiger partial charge >= 0.3 is 8.80 Å². The molecule has 0 spiro atoms. The Kier molecular flexibility index (Phi) is 9.26. The van der Waals surface area contributed by atoms with Gasteiger partial charge in [0.1, 0.15) is 0 Å². The molecule has 1 atom stereocenters. The molecule has 16 heavy (non-hydrogen) atoms. The maximum absolute atomic E-state index is 5.80. The highest BCUT2D eigenvalue weighted by molar-refractivity contribution is 6.63. The molecular weight excluding hydrogens is 244 g/mol. The van der Waals surface area contributed by atoms with Crippen molar-refractivity contribution in [3.8, 4) is 0 Å². The molecule has 0 N–H and O–H groups in total. The van der Waals surface area contributed by atoms with Gasteiger partial charge in [0.2, 0.25) is 0 Å². The minimum absolute atomic E-state index is 0.129. The fraction of sp³-hybridized carbons (Fsp3) is 0.818. The van der Waals surface area contributed by atoms with Crippen LogP contribution < -0.4 is 0 Å². The molecule has 0 aliphatic heterocycles. The molecule has 0 aliphatic carbocycles. The van der Waals surface area contributed by atoms with E-state index >= 15 is 0 Å². The zero-order valence-electron chi connectivity index (χ0n) is 10.7. The first-order valence-corrected chi connectivity index (χ1v) is 8.13. The van der Waals surface area contributed by atoms with Crippen LogP contribution >= 0.6 is 11.6 Å². The molecule has 0 saturated heterocycles. The van der Waals surface area contributed by atoms with Crippen LogP contribution in [-0.2, 0) is 13.3 Å². The summed E-state index contributed by atoms with van der Waals surface area (Å²) in [6, 6.07) is 0. The van der Waals surface area contributed by atoms with Gasteiger partial charge in [-0.25, -0.2) is 0 Å². The van der Waals surface area contributed by atoms with Gasteiger partial charge in [0.05, 0.1) is 0 Å². The number of allylic oxidation sites excluding steroid dienone is 1. The Balaban J connectivity index is 4.92. The lowest BCUT2D eigenvalue weighted by molar-refractivity contribution is 0.0648. The van der Waals surface area contributed by atoms with Gasteiger partial charge in [-0.05, 0) is 27.2 Å². The van der Waals surface area contributed by atoms with Crippen LogP contribution in [0.3, 0.4) is 0 Å². The van der Waals surface area contributed by atoms with Crippen molar-refractivity contribution >= 4 is 20.4 Å². The molecule has 0 saturated carbocycles. The largest absolute Gasteiger partial charge is 0.508 e. The van der Waals surface area contributed by atoms with Gasteiger partial charge < -0.3 is 13.3 Å². The third kappa shape index (κ3) is 4.55. The number of hydrogen-bond donors (Lipinski definition) is 0. The van der Waals surface area contributed by atoms with Crippen molar-refractivity contribution in [1.29, 1.82) is 0 Å². The highest BCUT2D eigenvalue weighted by Crippen LogP contribution is 2.30. The fourth-order valence-electron chi connectivity index (χ4n) is 1.64. The number of rotatable bonds is 9. The van der Waals surface area contributed by atoms with Crippen molar-refractivity contribution in [2.75, 3.05) is 19.8 Å². The first kappa shape index (κ1) is 16.1. The number of hydrogen-bond acceptors (Lipinski definition) is 3. The second-order valence-electron chi connectivity index (χ2n) is 3.24. The first-order chi connectivity index (χ1) is 7.70. The van der Waals surface area contributed by atoms with E-state index in [9.17, 15) is 0 Å². The summed E-state index contributed by atoms with van der Waals surface area (Å²) in [5, 5.41) is 0. The van der Waals surface area contributed by atoms with Gasteiger partial charge in [0.15, 0.2) is 0 Å². The van der Waals surface area contributed by atoms with Gasteiger partial charge in [0.25, 0.3) is 0 Å². The number of halogens is 1. The lowest BCUT2D eigenvalue weighted by atomic mass is 10.3. The topological polar surface area (TPSA) is 27.7 Å². The maximum atomic E-state index is 5.80. The monoisotopic (exact) mass is 266 g/mol. The lowest BCUT2D eigenvalue weighted by Crippen LogP contribution is -2.49. The first-order valence-electron chi connectivity index (χ1n) is 5.89. The van der Waals surface area contributed by atoms with E-state index in [1.54, 1.807) is 0 Å². The smallest absolute Gasteiger partial charge is 0.373 e. The molecule has 5 heteroatoms. The Morgan fingerprint density at radius 3 is 1.69 bits per heavy atom. The highest BCUT2D eigenvalue weighted by atomic mass is 35.5. The molecule has 0 aromatic heterocycles. The highest BCUT2D eigenvalue weighted by Gasteiger charge is 2.46. The van der Waals surface area contributed by atoms with Gasteiger partial charge in [-0.1, -0.05) is 24.6 Å². The fourth-order valence-corrected chi connectivity index (χ4v) is 4.87. The Morgan fingerprint density at radius 2 is 1.44 bits per heavy atom. The SMILES string of the molecule is CCO[Si](OCC)(OCC)C(C=CCl)CC. The zero-order valence-corrected chi connectivity index (χ0v) is 12.4. The van der Waals surface area contributed by atoms with Gasteiger partial charge in [-0.15, -0.1) is 0 Å². The summed E-state index contributed by atoms with van der Waals surface area (Å²) >= 11 is 5.66. The van der Waals surface area contributed by atoms with Crippen LogP contribution in [0.2, 0.25) is 5.54 Å². The quantitative estimate of drug-likeness (QED) is 0.597. The third-order valence-corrected chi connectivity index (χ3v) is 5.96. The Labute approximate surface area is 105 Å². The van der Waals surface area contributed by atoms with Crippen molar-refractivity contribution in [3.05, 3.63) is 11.6 Å². The van der Waals surface area contributed by atoms with Crippen LogP contribution in [0.1, 0.15) is 34.1 Å². The Morgan fingerprint density at radius 1 is 1.00 bits per heavy atom. The predicted octanol–water partition coefficient (Wildman–Crippen LogP) is 3.57. The standard InChI is InChI=1S/C11H23ClO3Si/c1-5-11(9-10-12)16(13-6-2,14-7-3)15-8-4/h9-11H,5-8H2,1-4H3. The average Bonchev–Trinajstić information content (AvgIpc) is 2.26. The summed E-state index contributed by atoms with van der Waals surface area (Å²) < 4.78 is 17.4. The van der Waals surface area contributed by atoms with Crippen LogP contribution in [0, 0.1) is 0 Å². The molecule has 0 aromatic rings. The van der Waals surface area contributed by atoms with E-state index < -0.39 is 8.80 Å². The minimum Gasteiger partial charge on any atom is -0.373 e. The molecule has 0 heterocycles. The minimum atomic E-state index is -2.62. The summed E-state index contributed by atoms with van der Waals surface area (Å²) in [5.41, 5.74) is 1.65. The second kappa shape index (κ2) is 9.19. The van der Waals surface area contributed by atoms with Crippen LogP contribution in [0.4, 0.5) is 0 Å². The predicted molar refractivity (Wildman–Crippen MR) is 69.7 cm³/mol. The van der Waals surface area contributed by atoms with E-state index in [0.29, 0.717) is 19.8 Å². The summed E-state index contributed by atoms with van der Waals surface area (Å²) in [6.45, 7) is 9.74. The molecule has 0 fully saturated rings. The molecule has 1 unspecified atom stereocenters. The van der Waals surface area contributed by atoms with Crippen LogP contribution in [-0.4, -0.2) is 28.6 Å². The van der Waals surface area contributed by atoms with Crippen molar-refractivity contribution < 1.29 is 13.3 Å². The van der Waals surface area contributed by atoms with E-state index in [4.69, 9.17) is 24.9 Å². The van der Waals surface area contributed by atoms with Gasteiger partial charge in [-0.3, -0.25) is 0 Å². The Bertz CT molecular complexity index is 183. The summed E-state index contributed by atoms with van der Waals surface area (Å²) in [5.74, 6) is 0. The maximum Gasteiger partial charge on any atom is 0.508 e. The van der Waals surface area contributed by atoms with E-state index in [0.717, 1.165) is 6.42 Å². The van der Waals surface area contributed by atoms with Crippen molar-refractivity contribution in [3.63, 3.8) is 0 Å². The van der Waals surface area contributed by atoms with E-state index in [1.807, 2.05) is 26.8 Å². The molecular formula is C11H23ClO3Si. The van der Waals surface area contributed by atoms with Gasteiger partial charge in [0, 0.05) is 30.9 Å². The molecule has 0 radical (unpaired) electrons. The van der Waals surface area contributed by atoms with Crippen molar-refractivity contribution in [2.24, 2.45) is 0 Å². The van der Waals surface area contributed by atoms with Crippen LogP contribution in [0.25, 0.3) is 0 Å². The molecule has 96 valence electrons. The molecule has 0 rings (SSSR count). The van der Waals surface area contributed by atoms with Crippen LogP contribution in [0.5, 0.6) is 0 Å². The van der Waals surface area contributed by atoms with Crippen molar-refractivity contribution in [2.45, 2.75) is 39.7 Å². The summed E-state index contributed by atoms with van der Waals surface area (Å²) in [4.78, 5) is 0. The lowest BCUT2D eigenvalue weighted by Gasteiger charge is -2.33. The average molecular weight is 267 g/mol. The molecule has 0 bridgehead atoms. The van der Waals surface area contributed by atoms with Crippen molar-refractivity contribution in [1.82, 2.24) is 0 Å². The molecule has 0 amide bonds. The van der Waals surface area contributed by atoms with E-state index in [-0.39, 0.29) is 5.54 Å². The zero-order chi connectivity index (χ0) is 12.4. The molecule has 0 aliphatic rings. The molecule has 0 aromatic carbocycles. The van der Waals surface area contributed by atoms with E-state index in [1.165, 1.54) is 5.54 Å². The Hall–Kier alpha value is 0.127. The summed E-state index contributed by atoms with van der Waals surface area (Å²) in [7, 11) is -2.62. The normalized spacial score (nSPS) is 14.6. The second-order valence-corrected chi connectivity index (χ2v) is 6.30.